The number of anilines is 1. The average Bonchev–Trinajstić information content (AvgIpc) is 2.96. The zero-order valence-corrected chi connectivity index (χ0v) is 14.7. The van der Waals surface area contributed by atoms with Gasteiger partial charge in [0.1, 0.15) is 11.3 Å². The highest BCUT2D eigenvalue weighted by molar-refractivity contribution is 6.31. The molecule has 27 heavy (non-hydrogen) atoms. The molecular weight excluding hydrogens is 348 g/mol. The van der Waals surface area contributed by atoms with Crippen molar-refractivity contribution >= 4 is 29.5 Å². The number of benzene rings is 2. The largest absolute Gasteiger partial charge is 0.482 e. The Kier molecular flexibility index (Phi) is 5.51. The average molecular weight is 366 g/mol. The van der Waals surface area contributed by atoms with Gasteiger partial charge in [0.15, 0.2) is 6.61 Å². The fourth-order valence-electron chi connectivity index (χ4n) is 2.52. The van der Waals surface area contributed by atoms with E-state index in [2.05, 4.69) is 5.43 Å². The standard InChI is InChI=1S/C20H18N2O5/c1-2-26-18(23)13-27-16-10-6-7-14(11-16)12-17-19(24)21-22(20(17)25)15-8-4-3-5-9-15/h3-12H,2,13H2,1H3,(H,21,24)/b17-12-. The summed E-state index contributed by atoms with van der Waals surface area (Å²) < 4.78 is 10.2. The van der Waals surface area contributed by atoms with Gasteiger partial charge in [-0.15, -0.1) is 0 Å². The van der Waals surface area contributed by atoms with Crippen molar-refractivity contribution in [1.82, 2.24) is 5.43 Å². The Morgan fingerprint density at radius 3 is 2.63 bits per heavy atom. The number of carbonyl (C=O) groups excluding carboxylic acids is 3. The number of hydrazine groups is 1. The SMILES string of the molecule is CCOC(=O)COc1cccc(/C=C2/C(=O)NN(c3ccccc3)C2=O)c1. The Balaban J connectivity index is 1.76. The molecule has 0 aliphatic carbocycles. The van der Waals surface area contributed by atoms with Crippen molar-refractivity contribution in [2.24, 2.45) is 0 Å². The van der Waals surface area contributed by atoms with Gasteiger partial charge in [-0.05, 0) is 42.8 Å². The van der Waals surface area contributed by atoms with E-state index >= 15 is 0 Å². The summed E-state index contributed by atoms with van der Waals surface area (Å²) in [5, 5.41) is 1.20. The third kappa shape index (κ3) is 4.33. The molecule has 0 bridgehead atoms. The van der Waals surface area contributed by atoms with E-state index in [1.54, 1.807) is 55.5 Å². The highest BCUT2D eigenvalue weighted by atomic mass is 16.6. The molecule has 7 nitrogen and oxygen atoms in total. The number of carbonyl (C=O) groups is 3. The summed E-state index contributed by atoms with van der Waals surface area (Å²) in [5.41, 5.74) is 3.73. The van der Waals surface area contributed by atoms with E-state index in [0.29, 0.717) is 17.0 Å². The van der Waals surface area contributed by atoms with Gasteiger partial charge in [0.05, 0.1) is 12.3 Å². The zero-order chi connectivity index (χ0) is 19.2. The van der Waals surface area contributed by atoms with E-state index in [9.17, 15) is 14.4 Å². The van der Waals surface area contributed by atoms with Crippen molar-refractivity contribution in [1.29, 1.82) is 0 Å². The Hall–Kier alpha value is -3.61. The molecule has 1 aliphatic rings. The molecule has 0 unspecified atom stereocenters. The monoisotopic (exact) mass is 366 g/mol. The Bertz CT molecular complexity index is 892. The van der Waals surface area contributed by atoms with E-state index in [1.165, 1.54) is 11.1 Å². The maximum absolute atomic E-state index is 12.6. The highest BCUT2D eigenvalue weighted by Crippen LogP contribution is 2.22. The molecule has 0 spiro atoms. The van der Waals surface area contributed by atoms with Crippen LogP contribution in [-0.2, 0) is 19.1 Å². The van der Waals surface area contributed by atoms with Gasteiger partial charge in [-0.1, -0.05) is 30.3 Å². The second-order valence-electron chi connectivity index (χ2n) is 5.64. The number of para-hydroxylation sites is 1. The molecule has 3 rings (SSSR count). The first-order valence-electron chi connectivity index (χ1n) is 8.39. The lowest BCUT2D eigenvalue weighted by molar-refractivity contribution is -0.145. The van der Waals surface area contributed by atoms with Gasteiger partial charge >= 0.3 is 5.97 Å². The number of rotatable bonds is 6. The van der Waals surface area contributed by atoms with Crippen molar-refractivity contribution in [3.63, 3.8) is 0 Å². The fourth-order valence-corrected chi connectivity index (χ4v) is 2.52. The minimum atomic E-state index is -0.485. The molecule has 1 aliphatic heterocycles. The molecule has 138 valence electrons. The summed E-state index contributed by atoms with van der Waals surface area (Å²) in [6, 6.07) is 15.6. The first kappa shape index (κ1) is 18.2. The van der Waals surface area contributed by atoms with Crippen molar-refractivity contribution in [3.8, 4) is 5.75 Å². The minimum absolute atomic E-state index is 0.0152. The van der Waals surface area contributed by atoms with Crippen LogP contribution in [0.3, 0.4) is 0 Å². The number of ether oxygens (including phenoxy) is 2. The normalized spacial score (nSPS) is 15.0. The Morgan fingerprint density at radius 2 is 1.89 bits per heavy atom. The van der Waals surface area contributed by atoms with Crippen LogP contribution < -0.4 is 15.2 Å². The molecule has 0 aromatic heterocycles. The molecule has 2 amide bonds. The maximum Gasteiger partial charge on any atom is 0.344 e. The van der Waals surface area contributed by atoms with Gasteiger partial charge in [0.2, 0.25) is 0 Å². The van der Waals surface area contributed by atoms with Crippen LogP contribution in [0.5, 0.6) is 5.75 Å². The zero-order valence-electron chi connectivity index (χ0n) is 14.7. The highest BCUT2D eigenvalue weighted by Gasteiger charge is 2.34. The molecule has 7 heteroatoms. The lowest BCUT2D eigenvalue weighted by Crippen LogP contribution is -2.35. The summed E-state index contributed by atoms with van der Waals surface area (Å²) in [7, 11) is 0. The smallest absolute Gasteiger partial charge is 0.344 e. The number of nitrogens with one attached hydrogen (secondary N) is 1. The van der Waals surface area contributed by atoms with Crippen LogP contribution in [0.4, 0.5) is 5.69 Å². The number of amides is 2. The van der Waals surface area contributed by atoms with Gasteiger partial charge in [0, 0.05) is 0 Å². The first-order valence-corrected chi connectivity index (χ1v) is 8.39. The van der Waals surface area contributed by atoms with Gasteiger partial charge in [-0.2, -0.15) is 0 Å². The van der Waals surface area contributed by atoms with Crippen molar-refractivity contribution in [3.05, 3.63) is 65.7 Å². The van der Waals surface area contributed by atoms with Crippen LogP contribution in [0, 0.1) is 0 Å². The third-order valence-electron chi connectivity index (χ3n) is 3.74. The van der Waals surface area contributed by atoms with E-state index in [0.717, 1.165) is 0 Å². The molecule has 1 saturated heterocycles. The molecule has 2 aromatic carbocycles. The van der Waals surface area contributed by atoms with Crippen molar-refractivity contribution < 1.29 is 23.9 Å². The molecule has 2 aromatic rings. The number of hydrogen-bond acceptors (Lipinski definition) is 5. The van der Waals surface area contributed by atoms with Crippen LogP contribution in [0.1, 0.15) is 12.5 Å². The summed E-state index contributed by atoms with van der Waals surface area (Å²) in [5.74, 6) is -0.959. The number of esters is 1. The van der Waals surface area contributed by atoms with Crippen LogP contribution in [-0.4, -0.2) is 31.0 Å². The van der Waals surface area contributed by atoms with E-state index in [4.69, 9.17) is 9.47 Å². The van der Waals surface area contributed by atoms with Crippen molar-refractivity contribution in [2.45, 2.75) is 6.92 Å². The van der Waals surface area contributed by atoms with E-state index < -0.39 is 17.8 Å². The van der Waals surface area contributed by atoms with E-state index in [1.807, 2.05) is 6.07 Å². The second kappa shape index (κ2) is 8.18. The molecule has 1 N–H and O–H groups in total. The predicted molar refractivity (Wildman–Crippen MR) is 98.6 cm³/mol. The van der Waals surface area contributed by atoms with Gasteiger partial charge < -0.3 is 9.47 Å². The minimum Gasteiger partial charge on any atom is -0.482 e. The fraction of sp³-hybridized carbons (Fsp3) is 0.150. The summed E-state index contributed by atoms with van der Waals surface area (Å²) >= 11 is 0. The van der Waals surface area contributed by atoms with E-state index in [-0.39, 0.29) is 18.8 Å². The van der Waals surface area contributed by atoms with Crippen LogP contribution in [0.25, 0.3) is 6.08 Å². The van der Waals surface area contributed by atoms with Gasteiger partial charge in [-0.25, -0.2) is 9.80 Å². The molecular formula is C20H18N2O5. The molecule has 0 saturated carbocycles. The molecule has 0 radical (unpaired) electrons. The lowest BCUT2D eigenvalue weighted by atomic mass is 10.1. The quantitative estimate of drug-likeness (QED) is 0.481. The molecule has 0 atom stereocenters. The van der Waals surface area contributed by atoms with Crippen LogP contribution in [0.2, 0.25) is 0 Å². The second-order valence-corrected chi connectivity index (χ2v) is 5.64. The molecule has 1 fully saturated rings. The molecule has 1 heterocycles. The van der Waals surface area contributed by atoms with Crippen LogP contribution >= 0.6 is 0 Å². The number of hydrogen-bond donors (Lipinski definition) is 1. The third-order valence-corrected chi connectivity index (χ3v) is 3.74. The maximum atomic E-state index is 12.6. The first-order chi connectivity index (χ1) is 13.1. The summed E-state index contributed by atoms with van der Waals surface area (Å²) in [4.78, 5) is 36.2. The topological polar surface area (TPSA) is 84.9 Å². The van der Waals surface area contributed by atoms with Gasteiger partial charge in [0.25, 0.3) is 11.8 Å². The Labute approximate surface area is 156 Å². The van der Waals surface area contributed by atoms with Crippen LogP contribution in [0.15, 0.2) is 60.2 Å². The predicted octanol–water partition coefficient (Wildman–Crippen LogP) is 2.09. The lowest BCUT2D eigenvalue weighted by Gasteiger charge is -2.13. The summed E-state index contributed by atoms with van der Waals surface area (Å²) in [6.45, 7) is 1.78. The van der Waals surface area contributed by atoms with Crippen molar-refractivity contribution in [2.75, 3.05) is 18.2 Å². The number of nitrogens with zero attached hydrogens (tertiary/aromatic N) is 1. The summed E-state index contributed by atoms with van der Waals surface area (Å²) in [6.07, 6.45) is 1.48. The Morgan fingerprint density at radius 1 is 1.11 bits per heavy atom. The van der Waals surface area contributed by atoms with Gasteiger partial charge in [-0.3, -0.25) is 15.0 Å².